The van der Waals surface area contributed by atoms with Crippen LogP contribution in [0.15, 0.2) is 12.1 Å². The number of nitrogens with one attached hydrogen (secondary N) is 2. The summed E-state index contributed by atoms with van der Waals surface area (Å²) in [7, 11) is 0. The third kappa shape index (κ3) is 7.06. The molecule has 0 bridgehead atoms. The number of aliphatic carboxylic acids is 1. The number of carboxylic acid groups (broad SMARTS) is 1. The van der Waals surface area contributed by atoms with Crippen molar-refractivity contribution in [2.24, 2.45) is 5.92 Å². The first-order valence-corrected chi connectivity index (χ1v) is 12.7. The van der Waals surface area contributed by atoms with Crippen LogP contribution in [0.3, 0.4) is 0 Å². The van der Waals surface area contributed by atoms with E-state index in [1.807, 2.05) is 0 Å². The quantitative estimate of drug-likeness (QED) is 0.458. The van der Waals surface area contributed by atoms with Crippen molar-refractivity contribution in [3.05, 3.63) is 23.4 Å². The van der Waals surface area contributed by atoms with Crippen molar-refractivity contribution in [3.8, 4) is 0 Å². The Morgan fingerprint density at radius 1 is 1.29 bits per heavy atom. The Morgan fingerprint density at radius 2 is 2.11 bits per heavy atom. The Bertz CT molecular complexity index is 919. The van der Waals surface area contributed by atoms with Crippen LogP contribution in [0.25, 0.3) is 0 Å². The van der Waals surface area contributed by atoms with E-state index < -0.39 is 24.2 Å². The van der Waals surface area contributed by atoms with E-state index in [2.05, 4.69) is 22.8 Å². The zero-order chi connectivity index (χ0) is 24.8. The largest absolute Gasteiger partial charge is 0.480 e. The molecule has 2 amide bonds. The molecule has 1 saturated heterocycles. The molecular weight excluding hydrogens is 452 g/mol. The van der Waals surface area contributed by atoms with Gasteiger partial charge in [-0.25, -0.2) is 14.6 Å². The molecule has 0 radical (unpaired) electrons. The topological polar surface area (TPSA) is 130 Å². The molecule has 1 aromatic heterocycles. The highest BCUT2D eigenvalue weighted by Gasteiger charge is 2.31. The number of aromatic nitrogens is 1. The van der Waals surface area contributed by atoms with Crippen LogP contribution in [-0.4, -0.2) is 77.5 Å². The Balaban J connectivity index is 1.10. The summed E-state index contributed by atoms with van der Waals surface area (Å²) in [6, 6.07) is 3.25. The molecule has 1 saturated carbocycles. The average Bonchev–Trinajstić information content (AvgIpc) is 3.27. The zero-order valence-electron chi connectivity index (χ0n) is 20.3. The van der Waals surface area contributed by atoms with Crippen LogP contribution in [-0.2, 0) is 31.9 Å². The molecule has 0 spiro atoms. The maximum Gasteiger partial charge on any atom is 0.408 e. The van der Waals surface area contributed by atoms with Gasteiger partial charge >= 0.3 is 12.1 Å². The summed E-state index contributed by atoms with van der Waals surface area (Å²) in [5.74, 6) is 0.439. The van der Waals surface area contributed by atoms with Crippen LogP contribution in [0.1, 0.15) is 56.7 Å². The highest BCUT2D eigenvalue weighted by atomic mass is 16.6. The Kier molecular flexibility index (Phi) is 8.43. The molecule has 2 aliphatic heterocycles. The SMILES string of the molecule is CC(=O)N1CC[C@H](OC(=O)NC(CCO[C@H]2C[C@H](CCc3ccc4c(n3)NCCC4)C2)C(=O)O)C1. The molecule has 192 valence electrons. The third-order valence-electron chi connectivity index (χ3n) is 7.17. The average molecular weight is 489 g/mol. The molecule has 35 heavy (non-hydrogen) atoms. The van der Waals surface area contributed by atoms with Crippen molar-refractivity contribution in [1.29, 1.82) is 0 Å². The molecule has 4 rings (SSSR count). The lowest BCUT2D eigenvalue weighted by molar-refractivity contribution is -0.140. The molecule has 1 aliphatic carbocycles. The van der Waals surface area contributed by atoms with E-state index in [1.165, 1.54) is 12.5 Å². The molecular formula is C25H36N4O6. The number of amides is 2. The zero-order valence-corrected chi connectivity index (χ0v) is 20.3. The van der Waals surface area contributed by atoms with Gasteiger partial charge in [0.25, 0.3) is 0 Å². The predicted octanol–water partition coefficient (Wildman–Crippen LogP) is 2.36. The highest BCUT2D eigenvalue weighted by Crippen LogP contribution is 2.34. The summed E-state index contributed by atoms with van der Waals surface area (Å²) in [6.45, 7) is 3.59. The maximum atomic E-state index is 12.1. The minimum absolute atomic E-state index is 0.0668. The van der Waals surface area contributed by atoms with E-state index in [9.17, 15) is 19.5 Å². The van der Waals surface area contributed by atoms with Crippen LogP contribution >= 0.6 is 0 Å². The van der Waals surface area contributed by atoms with Gasteiger partial charge in [-0.05, 0) is 56.1 Å². The van der Waals surface area contributed by atoms with Crippen molar-refractivity contribution in [1.82, 2.24) is 15.2 Å². The normalized spacial score (nSPS) is 24.0. The van der Waals surface area contributed by atoms with Crippen molar-refractivity contribution >= 4 is 23.8 Å². The number of carbonyl (C=O) groups is 3. The summed E-state index contributed by atoms with van der Waals surface area (Å²) < 4.78 is 11.1. The molecule has 10 heteroatoms. The molecule has 1 aromatic rings. The van der Waals surface area contributed by atoms with Gasteiger partial charge in [-0.1, -0.05) is 6.07 Å². The van der Waals surface area contributed by atoms with Crippen molar-refractivity contribution in [2.45, 2.75) is 76.5 Å². The van der Waals surface area contributed by atoms with Crippen molar-refractivity contribution in [2.75, 3.05) is 31.6 Å². The smallest absolute Gasteiger partial charge is 0.408 e. The number of ether oxygens (including phenoxy) is 2. The molecule has 3 N–H and O–H groups in total. The van der Waals surface area contributed by atoms with Crippen LogP contribution in [0.4, 0.5) is 10.6 Å². The monoisotopic (exact) mass is 488 g/mol. The second-order valence-corrected chi connectivity index (χ2v) is 9.81. The summed E-state index contributed by atoms with van der Waals surface area (Å²) in [5.41, 5.74) is 2.43. The molecule has 2 atom stereocenters. The molecule has 10 nitrogen and oxygen atoms in total. The van der Waals surface area contributed by atoms with Gasteiger partial charge in [-0.15, -0.1) is 0 Å². The molecule has 1 unspecified atom stereocenters. The van der Waals surface area contributed by atoms with Gasteiger partial charge in [0, 0.05) is 45.2 Å². The highest BCUT2D eigenvalue weighted by molar-refractivity contribution is 5.80. The summed E-state index contributed by atoms with van der Waals surface area (Å²) in [4.78, 5) is 41.4. The number of anilines is 1. The van der Waals surface area contributed by atoms with Crippen LogP contribution in [0.5, 0.6) is 0 Å². The van der Waals surface area contributed by atoms with E-state index in [1.54, 1.807) is 4.90 Å². The maximum absolute atomic E-state index is 12.1. The molecule has 3 heterocycles. The summed E-state index contributed by atoms with van der Waals surface area (Å²) >= 11 is 0. The van der Waals surface area contributed by atoms with E-state index in [4.69, 9.17) is 14.5 Å². The number of alkyl carbamates (subject to hydrolysis) is 1. The fraction of sp³-hybridized carbons (Fsp3) is 0.680. The number of carbonyl (C=O) groups excluding carboxylic acids is 2. The first kappa shape index (κ1) is 25.2. The second-order valence-electron chi connectivity index (χ2n) is 9.81. The van der Waals surface area contributed by atoms with E-state index in [0.717, 1.165) is 56.6 Å². The number of aryl methyl sites for hydroxylation is 2. The fourth-order valence-corrected chi connectivity index (χ4v) is 4.95. The number of nitrogens with zero attached hydrogens (tertiary/aromatic N) is 2. The van der Waals surface area contributed by atoms with Crippen LogP contribution < -0.4 is 10.6 Å². The van der Waals surface area contributed by atoms with E-state index in [0.29, 0.717) is 25.4 Å². The molecule has 0 aromatic carbocycles. The van der Waals surface area contributed by atoms with Crippen molar-refractivity contribution in [3.63, 3.8) is 0 Å². The summed E-state index contributed by atoms with van der Waals surface area (Å²) in [5, 5.41) is 15.2. The summed E-state index contributed by atoms with van der Waals surface area (Å²) in [6.07, 6.45) is 5.86. The van der Waals surface area contributed by atoms with Gasteiger partial charge in [0.2, 0.25) is 5.91 Å². The van der Waals surface area contributed by atoms with E-state index >= 15 is 0 Å². The fourth-order valence-electron chi connectivity index (χ4n) is 4.95. The number of rotatable bonds is 10. The number of pyridine rings is 1. The molecule has 3 aliphatic rings. The van der Waals surface area contributed by atoms with Gasteiger partial charge in [0.15, 0.2) is 0 Å². The van der Waals surface area contributed by atoms with Crippen molar-refractivity contribution < 1.29 is 29.0 Å². The minimum atomic E-state index is -1.12. The lowest BCUT2D eigenvalue weighted by Crippen LogP contribution is -2.43. The van der Waals surface area contributed by atoms with Gasteiger partial charge in [-0.2, -0.15) is 0 Å². The predicted molar refractivity (Wildman–Crippen MR) is 128 cm³/mol. The molecule has 2 fully saturated rings. The lowest BCUT2D eigenvalue weighted by Gasteiger charge is -2.35. The van der Waals surface area contributed by atoms with Gasteiger partial charge in [0.05, 0.1) is 12.6 Å². The minimum Gasteiger partial charge on any atom is -0.480 e. The van der Waals surface area contributed by atoms with Gasteiger partial charge in [-0.3, -0.25) is 4.79 Å². The number of likely N-dealkylation sites (tertiary alicyclic amines) is 1. The first-order valence-electron chi connectivity index (χ1n) is 12.7. The number of hydrogen-bond donors (Lipinski definition) is 3. The van der Waals surface area contributed by atoms with Gasteiger partial charge in [0.1, 0.15) is 18.0 Å². The van der Waals surface area contributed by atoms with Gasteiger partial charge < -0.3 is 30.1 Å². The van der Waals surface area contributed by atoms with Crippen LogP contribution in [0.2, 0.25) is 0 Å². The lowest BCUT2D eigenvalue weighted by atomic mass is 9.79. The Morgan fingerprint density at radius 3 is 2.86 bits per heavy atom. The number of fused-ring (bicyclic) bond motifs is 1. The third-order valence-corrected chi connectivity index (χ3v) is 7.17. The first-order chi connectivity index (χ1) is 16.9. The standard InChI is InChI=1S/C25H36N4O6/c1-16(30)29-11-8-20(15-29)35-25(33)28-22(24(31)32)9-12-34-21-13-17(14-21)4-6-19-7-5-18-3-2-10-26-23(18)27-19/h5,7,17,20-22H,2-4,6,8-15H2,1H3,(H,26,27)(H,28,33)(H,31,32)/t17-,20-,21-,22?/m0/s1. The van der Waals surface area contributed by atoms with Crippen LogP contribution in [0, 0.1) is 5.92 Å². The number of carboxylic acids is 1. The Hall–Kier alpha value is -2.88. The number of hydrogen-bond acceptors (Lipinski definition) is 7. The van der Waals surface area contributed by atoms with E-state index in [-0.39, 0.29) is 25.0 Å². The Labute approximate surface area is 205 Å². The second kappa shape index (κ2) is 11.7.